The number of aryl methyl sites for hydroxylation is 2. The van der Waals surface area contributed by atoms with Crippen LogP contribution in [0.15, 0.2) is 6.07 Å². The standard InChI is InChI=1S/C17H23NO3S/c1-3-5-12-8-14(22-11(12)2)15(19)18-9-13-6-4-7-17(13,10-18)16(20)21/h8,13H,3-7,9-10H2,1-2H3,(H,20,21)/t13-,17+/m0/s1. The molecule has 1 aromatic rings. The van der Waals surface area contributed by atoms with Crippen molar-refractivity contribution < 1.29 is 14.7 Å². The maximum Gasteiger partial charge on any atom is 0.311 e. The molecule has 0 aromatic carbocycles. The van der Waals surface area contributed by atoms with Crippen molar-refractivity contribution in [3.63, 3.8) is 0 Å². The Morgan fingerprint density at radius 3 is 2.91 bits per heavy atom. The van der Waals surface area contributed by atoms with Gasteiger partial charge in [-0.15, -0.1) is 11.3 Å². The molecule has 3 rings (SSSR count). The van der Waals surface area contributed by atoms with Crippen molar-refractivity contribution in [3.8, 4) is 0 Å². The Hall–Kier alpha value is -1.36. The highest BCUT2D eigenvalue weighted by molar-refractivity contribution is 7.14. The minimum atomic E-state index is -0.723. The molecule has 4 nitrogen and oxygen atoms in total. The first kappa shape index (κ1) is 15.5. The number of carbonyl (C=O) groups excluding carboxylic acids is 1. The van der Waals surface area contributed by atoms with Crippen LogP contribution in [0, 0.1) is 18.3 Å². The van der Waals surface area contributed by atoms with Crippen molar-refractivity contribution in [2.24, 2.45) is 11.3 Å². The molecule has 5 heteroatoms. The zero-order valence-corrected chi connectivity index (χ0v) is 14.0. The fourth-order valence-electron chi connectivity index (χ4n) is 4.09. The van der Waals surface area contributed by atoms with Gasteiger partial charge in [0.05, 0.1) is 10.3 Å². The van der Waals surface area contributed by atoms with E-state index in [0.717, 1.165) is 30.6 Å². The number of hydrogen-bond acceptors (Lipinski definition) is 3. The van der Waals surface area contributed by atoms with E-state index in [1.54, 1.807) is 16.2 Å². The predicted octanol–water partition coefficient (Wildman–Crippen LogP) is 3.34. The van der Waals surface area contributed by atoms with Crippen LogP contribution in [-0.2, 0) is 11.2 Å². The number of hydrogen-bond donors (Lipinski definition) is 1. The first-order chi connectivity index (χ1) is 10.5. The van der Waals surface area contributed by atoms with E-state index in [1.165, 1.54) is 10.4 Å². The Morgan fingerprint density at radius 1 is 1.50 bits per heavy atom. The van der Waals surface area contributed by atoms with Gasteiger partial charge >= 0.3 is 5.97 Å². The van der Waals surface area contributed by atoms with E-state index in [0.29, 0.717) is 19.5 Å². The first-order valence-corrected chi connectivity index (χ1v) is 8.91. The van der Waals surface area contributed by atoms with Crippen LogP contribution in [-0.4, -0.2) is 35.0 Å². The molecule has 0 bridgehead atoms. The molecular weight excluding hydrogens is 298 g/mol. The average molecular weight is 321 g/mol. The molecule has 1 aromatic heterocycles. The van der Waals surface area contributed by atoms with E-state index in [9.17, 15) is 14.7 Å². The molecule has 1 saturated carbocycles. The Labute approximate surface area is 135 Å². The summed E-state index contributed by atoms with van der Waals surface area (Å²) in [6.07, 6.45) is 4.68. The minimum Gasteiger partial charge on any atom is -0.481 e. The topological polar surface area (TPSA) is 57.6 Å². The molecule has 0 unspecified atom stereocenters. The molecule has 1 aliphatic carbocycles. The Bertz CT molecular complexity index is 609. The van der Waals surface area contributed by atoms with E-state index in [4.69, 9.17) is 0 Å². The molecule has 1 amide bonds. The van der Waals surface area contributed by atoms with Crippen molar-refractivity contribution in [1.29, 1.82) is 0 Å². The van der Waals surface area contributed by atoms with Crippen LogP contribution >= 0.6 is 11.3 Å². The lowest BCUT2D eigenvalue weighted by atomic mass is 9.81. The van der Waals surface area contributed by atoms with Gasteiger partial charge in [0.25, 0.3) is 5.91 Å². The van der Waals surface area contributed by atoms with E-state index in [-0.39, 0.29) is 11.8 Å². The van der Waals surface area contributed by atoms with Crippen molar-refractivity contribution in [2.45, 2.75) is 46.0 Å². The fraction of sp³-hybridized carbons (Fsp3) is 0.647. The van der Waals surface area contributed by atoms with Gasteiger partial charge in [-0.05, 0) is 43.7 Å². The number of rotatable bonds is 4. The quantitative estimate of drug-likeness (QED) is 0.925. The van der Waals surface area contributed by atoms with Gasteiger partial charge in [0.1, 0.15) is 0 Å². The Morgan fingerprint density at radius 2 is 2.27 bits per heavy atom. The van der Waals surface area contributed by atoms with E-state index >= 15 is 0 Å². The molecule has 1 aliphatic heterocycles. The number of aliphatic carboxylic acids is 1. The lowest BCUT2D eigenvalue weighted by Gasteiger charge is -2.23. The third-order valence-electron chi connectivity index (χ3n) is 5.33. The summed E-state index contributed by atoms with van der Waals surface area (Å²) < 4.78 is 0. The summed E-state index contributed by atoms with van der Waals surface area (Å²) >= 11 is 1.55. The van der Waals surface area contributed by atoms with Crippen LogP contribution in [0.5, 0.6) is 0 Å². The van der Waals surface area contributed by atoms with Crippen LogP contribution in [0.4, 0.5) is 0 Å². The number of carbonyl (C=O) groups is 2. The van der Waals surface area contributed by atoms with Gasteiger partial charge < -0.3 is 10.0 Å². The monoisotopic (exact) mass is 321 g/mol. The maximum atomic E-state index is 12.8. The summed E-state index contributed by atoms with van der Waals surface area (Å²) in [5, 5.41) is 9.63. The Kier molecular flexibility index (Phi) is 4.02. The largest absolute Gasteiger partial charge is 0.481 e. The van der Waals surface area contributed by atoms with Crippen molar-refractivity contribution in [3.05, 3.63) is 21.4 Å². The van der Waals surface area contributed by atoms with Gasteiger partial charge in [0, 0.05) is 18.0 Å². The number of amides is 1. The van der Waals surface area contributed by atoms with Crippen molar-refractivity contribution in [1.82, 2.24) is 4.90 Å². The molecule has 2 fully saturated rings. The highest BCUT2D eigenvalue weighted by Crippen LogP contribution is 2.49. The molecule has 0 spiro atoms. The maximum absolute atomic E-state index is 12.8. The fourth-order valence-corrected chi connectivity index (χ4v) is 5.13. The van der Waals surface area contributed by atoms with Gasteiger partial charge in [0.2, 0.25) is 0 Å². The predicted molar refractivity (Wildman–Crippen MR) is 86.4 cm³/mol. The number of thiophene rings is 1. The number of carboxylic acid groups (broad SMARTS) is 1. The molecule has 120 valence electrons. The first-order valence-electron chi connectivity index (χ1n) is 8.10. The summed E-state index contributed by atoms with van der Waals surface area (Å²) in [6.45, 7) is 5.18. The smallest absolute Gasteiger partial charge is 0.311 e. The van der Waals surface area contributed by atoms with Crippen LogP contribution in [0.25, 0.3) is 0 Å². The summed E-state index contributed by atoms with van der Waals surface area (Å²) in [5.74, 6) is -0.574. The molecule has 1 saturated heterocycles. The van der Waals surface area contributed by atoms with Crippen LogP contribution in [0.1, 0.15) is 52.7 Å². The van der Waals surface area contributed by atoms with Crippen molar-refractivity contribution >= 4 is 23.2 Å². The van der Waals surface area contributed by atoms with Gasteiger partial charge in [-0.1, -0.05) is 19.8 Å². The SMILES string of the molecule is CCCc1cc(C(=O)N2C[C@@H]3CCC[C@@]3(C(=O)O)C2)sc1C. The molecule has 2 heterocycles. The van der Waals surface area contributed by atoms with E-state index in [1.807, 2.05) is 6.07 Å². The molecule has 22 heavy (non-hydrogen) atoms. The van der Waals surface area contributed by atoms with Gasteiger partial charge in [0.15, 0.2) is 0 Å². The number of fused-ring (bicyclic) bond motifs is 1. The molecule has 2 atom stereocenters. The molecule has 0 radical (unpaired) electrons. The second-order valence-electron chi connectivity index (χ2n) is 6.68. The van der Waals surface area contributed by atoms with E-state index < -0.39 is 11.4 Å². The summed E-state index contributed by atoms with van der Waals surface area (Å²) in [7, 11) is 0. The van der Waals surface area contributed by atoms with Gasteiger partial charge in [-0.2, -0.15) is 0 Å². The van der Waals surface area contributed by atoms with E-state index in [2.05, 4.69) is 13.8 Å². The molecule has 2 aliphatic rings. The van der Waals surface area contributed by atoms with Crippen LogP contribution in [0.2, 0.25) is 0 Å². The van der Waals surface area contributed by atoms with Gasteiger partial charge in [-0.25, -0.2) is 0 Å². The number of carboxylic acids is 1. The third-order valence-corrected chi connectivity index (χ3v) is 6.42. The second kappa shape index (κ2) is 5.69. The lowest BCUT2D eigenvalue weighted by Crippen LogP contribution is -2.37. The summed E-state index contributed by atoms with van der Waals surface area (Å²) in [5.41, 5.74) is 0.567. The summed E-state index contributed by atoms with van der Waals surface area (Å²) in [6, 6.07) is 2.01. The number of likely N-dealkylation sites (tertiary alicyclic amines) is 1. The van der Waals surface area contributed by atoms with Gasteiger partial charge in [-0.3, -0.25) is 9.59 Å². The molecular formula is C17H23NO3S. The van der Waals surface area contributed by atoms with Crippen molar-refractivity contribution in [2.75, 3.05) is 13.1 Å². The molecule has 1 N–H and O–H groups in total. The zero-order valence-electron chi connectivity index (χ0n) is 13.2. The third kappa shape index (κ3) is 2.35. The average Bonchev–Trinajstić information content (AvgIpc) is 3.11. The number of nitrogens with zero attached hydrogens (tertiary/aromatic N) is 1. The van der Waals surface area contributed by atoms with Crippen LogP contribution < -0.4 is 0 Å². The normalized spacial score (nSPS) is 27.2. The highest BCUT2D eigenvalue weighted by Gasteiger charge is 2.55. The summed E-state index contributed by atoms with van der Waals surface area (Å²) in [4.78, 5) is 28.2. The highest BCUT2D eigenvalue weighted by atomic mass is 32.1. The lowest BCUT2D eigenvalue weighted by molar-refractivity contribution is -0.149. The zero-order chi connectivity index (χ0) is 15.9. The minimum absolute atomic E-state index is 0.0190. The Balaban J connectivity index is 1.80. The van der Waals surface area contributed by atoms with Crippen LogP contribution in [0.3, 0.4) is 0 Å². The second-order valence-corrected chi connectivity index (χ2v) is 7.93.